The number of benzene rings is 1. The molecule has 0 aliphatic carbocycles. The van der Waals surface area contributed by atoms with E-state index in [1.807, 2.05) is 6.20 Å². The maximum atomic E-state index is 5.38. The van der Waals surface area contributed by atoms with E-state index in [-0.39, 0.29) is 0 Å². The SMILES string of the molecule is CCNC(=NCc1ncc(C)s1)NCCc1ccc(C)c(OC)c1. The fourth-order valence-electron chi connectivity index (χ4n) is 2.31. The van der Waals surface area contributed by atoms with Crippen LogP contribution in [0.25, 0.3) is 0 Å². The first-order valence-electron chi connectivity index (χ1n) is 8.19. The van der Waals surface area contributed by atoms with Crippen LogP contribution < -0.4 is 15.4 Å². The number of nitrogens with one attached hydrogen (secondary N) is 2. The van der Waals surface area contributed by atoms with Gasteiger partial charge in [-0.3, -0.25) is 0 Å². The van der Waals surface area contributed by atoms with Crippen LogP contribution in [0.15, 0.2) is 29.4 Å². The topological polar surface area (TPSA) is 58.5 Å². The number of rotatable bonds is 7. The summed E-state index contributed by atoms with van der Waals surface area (Å²) in [7, 11) is 1.71. The number of aliphatic imine (C=N–C) groups is 1. The fourth-order valence-corrected chi connectivity index (χ4v) is 3.02. The molecule has 0 radical (unpaired) electrons. The molecule has 0 unspecified atom stereocenters. The van der Waals surface area contributed by atoms with Crippen molar-refractivity contribution in [2.45, 2.75) is 33.7 Å². The van der Waals surface area contributed by atoms with Crippen LogP contribution in [0.3, 0.4) is 0 Å². The van der Waals surface area contributed by atoms with E-state index in [0.717, 1.165) is 41.8 Å². The molecule has 0 atom stereocenters. The minimum Gasteiger partial charge on any atom is -0.496 e. The quantitative estimate of drug-likeness (QED) is 0.597. The van der Waals surface area contributed by atoms with E-state index in [9.17, 15) is 0 Å². The van der Waals surface area contributed by atoms with Crippen LogP contribution in [0.2, 0.25) is 0 Å². The van der Waals surface area contributed by atoms with Gasteiger partial charge in [-0.1, -0.05) is 12.1 Å². The number of hydrogen-bond acceptors (Lipinski definition) is 4. The summed E-state index contributed by atoms with van der Waals surface area (Å²) in [5.41, 5.74) is 2.40. The van der Waals surface area contributed by atoms with E-state index in [1.165, 1.54) is 10.4 Å². The van der Waals surface area contributed by atoms with Crippen molar-refractivity contribution in [1.82, 2.24) is 15.6 Å². The molecule has 130 valence electrons. The molecule has 0 bridgehead atoms. The summed E-state index contributed by atoms with van der Waals surface area (Å²) < 4.78 is 5.38. The molecule has 0 saturated heterocycles. The molecule has 0 saturated carbocycles. The van der Waals surface area contributed by atoms with Gasteiger partial charge >= 0.3 is 0 Å². The molecule has 5 nitrogen and oxygen atoms in total. The van der Waals surface area contributed by atoms with Crippen molar-refractivity contribution in [3.63, 3.8) is 0 Å². The Morgan fingerprint density at radius 2 is 2.12 bits per heavy atom. The van der Waals surface area contributed by atoms with Crippen LogP contribution >= 0.6 is 11.3 Å². The van der Waals surface area contributed by atoms with E-state index in [1.54, 1.807) is 18.4 Å². The van der Waals surface area contributed by atoms with Crippen LogP contribution in [0.1, 0.15) is 27.9 Å². The van der Waals surface area contributed by atoms with Gasteiger partial charge in [-0.05, 0) is 44.4 Å². The summed E-state index contributed by atoms with van der Waals surface area (Å²) in [4.78, 5) is 10.2. The number of aryl methyl sites for hydroxylation is 2. The molecule has 2 N–H and O–H groups in total. The largest absolute Gasteiger partial charge is 0.496 e. The van der Waals surface area contributed by atoms with Crippen LogP contribution in [-0.2, 0) is 13.0 Å². The number of methoxy groups -OCH3 is 1. The molecule has 0 aliphatic heterocycles. The lowest BCUT2D eigenvalue weighted by atomic mass is 10.1. The molecule has 1 heterocycles. The predicted molar refractivity (Wildman–Crippen MR) is 101 cm³/mol. The molecular formula is C18H26N4OS. The number of guanidine groups is 1. The third-order valence-corrected chi connectivity index (χ3v) is 4.46. The number of aromatic nitrogens is 1. The van der Waals surface area contributed by atoms with E-state index in [0.29, 0.717) is 6.54 Å². The molecule has 1 aromatic heterocycles. The number of ether oxygens (including phenoxy) is 1. The Kier molecular flexibility index (Phi) is 7.06. The Hall–Kier alpha value is -2.08. The Morgan fingerprint density at radius 3 is 2.79 bits per heavy atom. The zero-order valence-electron chi connectivity index (χ0n) is 14.8. The average Bonchev–Trinajstić information content (AvgIpc) is 2.99. The van der Waals surface area contributed by atoms with Gasteiger partial charge in [0.05, 0.1) is 13.7 Å². The van der Waals surface area contributed by atoms with Gasteiger partial charge in [-0.25, -0.2) is 9.98 Å². The van der Waals surface area contributed by atoms with Gasteiger partial charge in [0.1, 0.15) is 10.8 Å². The molecule has 2 aromatic rings. The lowest BCUT2D eigenvalue weighted by molar-refractivity contribution is 0.411. The van der Waals surface area contributed by atoms with Gasteiger partial charge in [0.25, 0.3) is 0 Å². The summed E-state index contributed by atoms with van der Waals surface area (Å²) >= 11 is 1.69. The molecule has 2 rings (SSSR count). The van der Waals surface area contributed by atoms with Crippen molar-refractivity contribution in [3.05, 3.63) is 45.4 Å². The monoisotopic (exact) mass is 346 g/mol. The van der Waals surface area contributed by atoms with Crippen LogP contribution in [0, 0.1) is 13.8 Å². The molecule has 0 amide bonds. The lowest BCUT2D eigenvalue weighted by Gasteiger charge is -2.12. The smallest absolute Gasteiger partial charge is 0.191 e. The zero-order valence-corrected chi connectivity index (χ0v) is 15.7. The average molecular weight is 347 g/mol. The highest BCUT2D eigenvalue weighted by Crippen LogP contribution is 2.19. The van der Waals surface area contributed by atoms with Crippen molar-refractivity contribution < 1.29 is 4.74 Å². The van der Waals surface area contributed by atoms with Gasteiger partial charge in [0.15, 0.2) is 5.96 Å². The van der Waals surface area contributed by atoms with Crippen LogP contribution in [0.4, 0.5) is 0 Å². The number of thiazole rings is 1. The molecule has 24 heavy (non-hydrogen) atoms. The third kappa shape index (κ3) is 5.53. The first-order valence-corrected chi connectivity index (χ1v) is 9.01. The number of hydrogen-bond donors (Lipinski definition) is 2. The summed E-state index contributed by atoms with van der Waals surface area (Å²) in [6.07, 6.45) is 2.80. The molecular weight excluding hydrogens is 320 g/mol. The lowest BCUT2D eigenvalue weighted by Crippen LogP contribution is -2.38. The van der Waals surface area contributed by atoms with Crippen molar-refractivity contribution >= 4 is 17.3 Å². The van der Waals surface area contributed by atoms with E-state index in [4.69, 9.17) is 4.74 Å². The molecule has 1 aromatic carbocycles. The summed E-state index contributed by atoms with van der Waals surface area (Å²) in [5, 5.41) is 7.68. The Labute approximate surface area is 148 Å². The first kappa shape index (κ1) is 18.3. The Bertz CT molecular complexity index is 681. The van der Waals surface area contributed by atoms with Gasteiger partial charge in [-0.2, -0.15) is 0 Å². The van der Waals surface area contributed by atoms with E-state index >= 15 is 0 Å². The fraction of sp³-hybridized carbons (Fsp3) is 0.444. The van der Waals surface area contributed by atoms with E-state index in [2.05, 4.69) is 59.6 Å². The highest BCUT2D eigenvalue weighted by Gasteiger charge is 2.03. The van der Waals surface area contributed by atoms with Crippen LogP contribution in [-0.4, -0.2) is 31.1 Å². The molecule has 6 heteroatoms. The van der Waals surface area contributed by atoms with Crippen molar-refractivity contribution in [3.8, 4) is 5.75 Å². The second-order valence-corrected chi connectivity index (χ2v) is 6.86. The zero-order chi connectivity index (χ0) is 17.4. The Morgan fingerprint density at radius 1 is 1.29 bits per heavy atom. The second kappa shape index (κ2) is 9.27. The first-order chi connectivity index (χ1) is 11.6. The summed E-state index contributed by atoms with van der Waals surface area (Å²) in [6, 6.07) is 6.33. The van der Waals surface area contributed by atoms with Crippen molar-refractivity contribution in [2.75, 3.05) is 20.2 Å². The van der Waals surface area contributed by atoms with Gasteiger partial charge in [0.2, 0.25) is 0 Å². The molecule has 0 spiro atoms. The highest BCUT2D eigenvalue weighted by molar-refractivity contribution is 7.11. The third-order valence-electron chi connectivity index (χ3n) is 3.56. The van der Waals surface area contributed by atoms with Gasteiger partial charge in [0, 0.05) is 24.2 Å². The molecule has 0 fully saturated rings. The van der Waals surface area contributed by atoms with Crippen molar-refractivity contribution in [2.24, 2.45) is 4.99 Å². The highest BCUT2D eigenvalue weighted by atomic mass is 32.1. The number of nitrogens with zero attached hydrogens (tertiary/aromatic N) is 2. The Balaban J connectivity index is 1.89. The summed E-state index contributed by atoms with van der Waals surface area (Å²) in [5.74, 6) is 1.76. The van der Waals surface area contributed by atoms with E-state index < -0.39 is 0 Å². The standard InChI is InChI=1S/C18H26N4OS/c1-5-19-18(22-12-17-21-11-14(3)24-17)20-9-8-15-7-6-13(2)16(10-15)23-4/h6-7,10-11H,5,8-9,12H2,1-4H3,(H2,19,20,22). The normalized spacial score (nSPS) is 11.4. The maximum absolute atomic E-state index is 5.38. The maximum Gasteiger partial charge on any atom is 0.191 e. The van der Waals surface area contributed by atoms with Crippen molar-refractivity contribution in [1.29, 1.82) is 0 Å². The van der Waals surface area contributed by atoms with Gasteiger partial charge in [-0.15, -0.1) is 11.3 Å². The van der Waals surface area contributed by atoms with Gasteiger partial charge < -0.3 is 15.4 Å². The predicted octanol–water partition coefficient (Wildman–Crippen LogP) is 3.07. The minimum absolute atomic E-state index is 0.603. The molecule has 0 aliphatic rings. The summed E-state index contributed by atoms with van der Waals surface area (Å²) in [6.45, 7) is 8.43. The second-order valence-electron chi connectivity index (χ2n) is 5.54. The van der Waals surface area contributed by atoms with Crippen LogP contribution in [0.5, 0.6) is 5.75 Å². The minimum atomic E-state index is 0.603.